The third-order valence-corrected chi connectivity index (χ3v) is 2.73. The fourth-order valence-electron chi connectivity index (χ4n) is 1.75. The summed E-state index contributed by atoms with van der Waals surface area (Å²) in [6.07, 6.45) is 2.94. The van der Waals surface area contributed by atoms with Gasteiger partial charge in [-0.15, -0.1) is 0 Å². The number of pyridine rings is 1. The molecule has 2 aromatic rings. The van der Waals surface area contributed by atoms with E-state index in [1.165, 1.54) is 6.33 Å². The summed E-state index contributed by atoms with van der Waals surface area (Å²) in [5.41, 5.74) is 0.587. The van der Waals surface area contributed by atoms with Crippen molar-refractivity contribution in [2.45, 2.75) is 13.0 Å². The lowest BCUT2D eigenvalue weighted by Gasteiger charge is -2.14. The zero-order valence-corrected chi connectivity index (χ0v) is 11.1. The molecule has 0 aliphatic carbocycles. The smallest absolute Gasteiger partial charge is 0.353 e. The van der Waals surface area contributed by atoms with Gasteiger partial charge in [0.1, 0.15) is 6.33 Å². The zero-order chi connectivity index (χ0) is 14.5. The molecular formula is C12H14N6O2. The molecule has 0 amide bonds. The van der Waals surface area contributed by atoms with E-state index in [2.05, 4.69) is 25.6 Å². The normalized spacial score (nSPS) is 11.7. The quantitative estimate of drug-likeness (QED) is 0.634. The van der Waals surface area contributed by atoms with E-state index in [0.717, 1.165) is 5.69 Å². The minimum Gasteiger partial charge on any atom is -0.367 e. The highest BCUT2D eigenvalue weighted by atomic mass is 16.6. The van der Waals surface area contributed by atoms with Gasteiger partial charge in [0.2, 0.25) is 11.6 Å². The second kappa shape index (κ2) is 5.91. The van der Waals surface area contributed by atoms with Crippen molar-refractivity contribution in [3.8, 4) is 0 Å². The maximum atomic E-state index is 11.1. The highest BCUT2D eigenvalue weighted by molar-refractivity contribution is 5.69. The van der Waals surface area contributed by atoms with E-state index in [0.29, 0.717) is 0 Å². The molecule has 2 rings (SSSR count). The van der Waals surface area contributed by atoms with Crippen LogP contribution in [0.3, 0.4) is 0 Å². The van der Waals surface area contributed by atoms with Gasteiger partial charge in [0.25, 0.3) is 0 Å². The van der Waals surface area contributed by atoms with Crippen LogP contribution in [0.4, 0.5) is 17.3 Å². The molecule has 104 valence electrons. The van der Waals surface area contributed by atoms with Gasteiger partial charge >= 0.3 is 5.69 Å². The van der Waals surface area contributed by atoms with E-state index >= 15 is 0 Å². The number of nitrogens with zero attached hydrogens (tertiary/aromatic N) is 4. The van der Waals surface area contributed by atoms with Crippen molar-refractivity contribution in [3.63, 3.8) is 0 Å². The van der Waals surface area contributed by atoms with Crippen LogP contribution < -0.4 is 10.6 Å². The maximum Gasteiger partial charge on any atom is 0.353 e. The molecule has 0 aliphatic rings. The molecule has 20 heavy (non-hydrogen) atoms. The summed E-state index contributed by atoms with van der Waals surface area (Å²) >= 11 is 0. The maximum absolute atomic E-state index is 11.1. The summed E-state index contributed by atoms with van der Waals surface area (Å²) in [6.45, 7) is 1.85. The van der Waals surface area contributed by atoms with Gasteiger partial charge in [-0.3, -0.25) is 15.1 Å². The van der Waals surface area contributed by atoms with Crippen molar-refractivity contribution in [2.24, 2.45) is 0 Å². The van der Waals surface area contributed by atoms with Gasteiger partial charge in [-0.25, -0.2) is 9.97 Å². The summed E-state index contributed by atoms with van der Waals surface area (Å²) in [4.78, 5) is 22.6. The van der Waals surface area contributed by atoms with E-state index in [4.69, 9.17) is 0 Å². The lowest BCUT2D eigenvalue weighted by Crippen LogP contribution is -2.12. The molecule has 0 aromatic carbocycles. The van der Waals surface area contributed by atoms with E-state index in [1.807, 2.05) is 25.1 Å². The Morgan fingerprint density at radius 1 is 1.25 bits per heavy atom. The first kappa shape index (κ1) is 13.7. The summed E-state index contributed by atoms with van der Waals surface area (Å²) < 4.78 is 0. The van der Waals surface area contributed by atoms with Gasteiger partial charge in [-0.2, -0.15) is 0 Å². The molecule has 8 nitrogen and oxygen atoms in total. The van der Waals surface area contributed by atoms with E-state index in [1.54, 1.807) is 13.2 Å². The van der Waals surface area contributed by atoms with Crippen LogP contribution in [0.5, 0.6) is 0 Å². The molecule has 0 saturated carbocycles. The molecule has 0 saturated heterocycles. The van der Waals surface area contributed by atoms with Crippen LogP contribution in [-0.4, -0.2) is 26.9 Å². The first-order valence-corrected chi connectivity index (χ1v) is 5.98. The number of nitrogens with one attached hydrogen (secondary N) is 2. The minimum absolute atomic E-state index is 0.160. The summed E-state index contributed by atoms with van der Waals surface area (Å²) in [7, 11) is 1.57. The highest BCUT2D eigenvalue weighted by Gasteiger charge is 2.23. The summed E-state index contributed by atoms with van der Waals surface area (Å²) in [6, 6.07) is 5.29. The van der Waals surface area contributed by atoms with Gasteiger partial charge in [0.05, 0.1) is 16.7 Å². The first-order chi connectivity index (χ1) is 9.63. The molecule has 0 bridgehead atoms. The Bertz CT molecular complexity index is 604. The predicted octanol–water partition coefficient (Wildman–Crippen LogP) is 1.99. The average Bonchev–Trinajstić information content (AvgIpc) is 2.47. The fourth-order valence-corrected chi connectivity index (χ4v) is 1.75. The molecule has 0 fully saturated rings. The highest BCUT2D eigenvalue weighted by Crippen LogP contribution is 2.30. The van der Waals surface area contributed by atoms with Crippen LogP contribution in [0.25, 0.3) is 0 Å². The molecule has 0 spiro atoms. The van der Waals surface area contributed by atoms with Crippen molar-refractivity contribution in [3.05, 3.63) is 46.5 Å². The average molecular weight is 274 g/mol. The molecule has 2 aromatic heterocycles. The Morgan fingerprint density at radius 2 is 2.00 bits per heavy atom. The molecule has 0 aliphatic heterocycles. The summed E-state index contributed by atoms with van der Waals surface area (Å²) in [5.74, 6) is 0.327. The topological polar surface area (TPSA) is 106 Å². The van der Waals surface area contributed by atoms with Crippen molar-refractivity contribution >= 4 is 17.3 Å². The second-order valence-electron chi connectivity index (χ2n) is 4.05. The third-order valence-electron chi connectivity index (χ3n) is 2.73. The number of nitro groups is 1. The van der Waals surface area contributed by atoms with Crippen molar-refractivity contribution < 1.29 is 4.92 Å². The van der Waals surface area contributed by atoms with Crippen molar-refractivity contribution in [1.82, 2.24) is 15.0 Å². The van der Waals surface area contributed by atoms with Gasteiger partial charge in [0, 0.05) is 13.2 Å². The number of hydrogen-bond acceptors (Lipinski definition) is 7. The monoisotopic (exact) mass is 274 g/mol. The van der Waals surface area contributed by atoms with Crippen molar-refractivity contribution in [1.29, 1.82) is 0 Å². The first-order valence-electron chi connectivity index (χ1n) is 5.98. The predicted molar refractivity (Wildman–Crippen MR) is 74.5 cm³/mol. The minimum atomic E-state index is -0.515. The summed E-state index contributed by atoms with van der Waals surface area (Å²) in [5, 5.41) is 16.8. The van der Waals surface area contributed by atoms with Crippen molar-refractivity contribution in [2.75, 3.05) is 17.7 Å². The van der Waals surface area contributed by atoms with Crippen LogP contribution in [0.1, 0.15) is 18.7 Å². The number of rotatable bonds is 5. The van der Waals surface area contributed by atoms with Crippen LogP contribution in [0, 0.1) is 10.1 Å². The van der Waals surface area contributed by atoms with Crippen LogP contribution in [-0.2, 0) is 0 Å². The molecule has 2 N–H and O–H groups in total. The number of anilines is 2. The lowest BCUT2D eigenvalue weighted by molar-refractivity contribution is -0.383. The van der Waals surface area contributed by atoms with Crippen LogP contribution in [0.15, 0.2) is 30.7 Å². The standard InChI is InChI=1S/C12H14N6O2/c1-8(9-5-3-4-6-14-9)17-12-10(18(19)20)11(13-2)15-7-16-12/h3-8H,1-2H3,(H2,13,15,16,17). The Morgan fingerprint density at radius 3 is 2.60 bits per heavy atom. The van der Waals surface area contributed by atoms with Crippen LogP contribution >= 0.6 is 0 Å². The Labute approximate surface area is 115 Å². The van der Waals surface area contributed by atoms with E-state index in [-0.39, 0.29) is 23.4 Å². The second-order valence-corrected chi connectivity index (χ2v) is 4.05. The van der Waals surface area contributed by atoms with Gasteiger partial charge in [-0.1, -0.05) is 6.07 Å². The molecule has 1 atom stereocenters. The Balaban J connectivity index is 2.32. The molecule has 8 heteroatoms. The molecule has 2 heterocycles. The molecule has 0 radical (unpaired) electrons. The number of hydrogen-bond donors (Lipinski definition) is 2. The van der Waals surface area contributed by atoms with E-state index in [9.17, 15) is 10.1 Å². The van der Waals surface area contributed by atoms with E-state index < -0.39 is 4.92 Å². The third kappa shape index (κ3) is 2.79. The lowest BCUT2D eigenvalue weighted by atomic mass is 10.2. The number of aromatic nitrogens is 3. The largest absolute Gasteiger partial charge is 0.367 e. The SMILES string of the molecule is CNc1ncnc(NC(C)c2ccccn2)c1[N+](=O)[O-]. The zero-order valence-electron chi connectivity index (χ0n) is 11.1. The van der Waals surface area contributed by atoms with Crippen LogP contribution in [0.2, 0.25) is 0 Å². The Kier molecular flexibility index (Phi) is 4.04. The van der Waals surface area contributed by atoms with Gasteiger partial charge in [-0.05, 0) is 19.1 Å². The fraction of sp³-hybridized carbons (Fsp3) is 0.250. The van der Waals surface area contributed by atoms with Gasteiger partial charge < -0.3 is 10.6 Å². The molecular weight excluding hydrogens is 260 g/mol. The molecule has 1 unspecified atom stereocenters. The Hall–Kier alpha value is -2.77. The van der Waals surface area contributed by atoms with Gasteiger partial charge in [0.15, 0.2) is 0 Å².